The first kappa shape index (κ1) is 27.1. The van der Waals surface area contributed by atoms with E-state index in [1.807, 2.05) is 23.1 Å². The summed E-state index contributed by atoms with van der Waals surface area (Å²) in [5.74, 6) is -0.376. The van der Waals surface area contributed by atoms with E-state index in [2.05, 4.69) is 9.62 Å². The molecule has 2 atom stereocenters. The molecule has 38 heavy (non-hydrogen) atoms. The van der Waals surface area contributed by atoms with E-state index < -0.39 is 16.1 Å². The fourth-order valence-corrected chi connectivity index (χ4v) is 7.24. The van der Waals surface area contributed by atoms with Gasteiger partial charge >= 0.3 is 0 Å². The van der Waals surface area contributed by atoms with Gasteiger partial charge in [0.15, 0.2) is 0 Å². The number of carbonyl (C=O) groups excluding carboxylic acids is 2. The smallest absolute Gasteiger partial charge is 0.242 e. The lowest BCUT2D eigenvalue weighted by Crippen LogP contribution is -2.55. The van der Waals surface area contributed by atoms with Crippen LogP contribution in [-0.4, -0.2) is 86.3 Å². The second-order valence-electron chi connectivity index (χ2n) is 10.5. The Morgan fingerprint density at radius 2 is 1.66 bits per heavy atom. The van der Waals surface area contributed by atoms with Crippen LogP contribution in [0.5, 0.6) is 0 Å². The summed E-state index contributed by atoms with van der Waals surface area (Å²) in [5, 5.41) is 0.603. The van der Waals surface area contributed by atoms with Crippen LogP contribution in [0, 0.1) is 0 Å². The Morgan fingerprint density at radius 3 is 2.39 bits per heavy atom. The van der Waals surface area contributed by atoms with Crippen LogP contribution in [0.2, 0.25) is 5.02 Å². The number of nitrogens with zero attached hydrogens (tertiary/aromatic N) is 3. The van der Waals surface area contributed by atoms with Crippen molar-refractivity contribution in [3.8, 4) is 11.1 Å². The monoisotopic (exact) mass is 558 g/mol. The standard InChI is InChI=1S/C28H35ClN4O4S/c29-23-7-3-6-22(18-23)21-10-12-25(13-11-21)38(36,37)30-26-9-5-16-32(28(26)35)20-27(34)33-17-4-8-24(33)19-31-14-1-2-15-31/h3,6-7,10-13,18,24,26,30H,1-2,4-5,8-9,14-17,19-20H2/t24-,26-/m0/s1. The fourth-order valence-electron chi connectivity index (χ4n) is 5.83. The summed E-state index contributed by atoms with van der Waals surface area (Å²) in [5.41, 5.74) is 1.73. The molecule has 0 saturated carbocycles. The number of carbonyl (C=O) groups is 2. The molecule has 3 aliphatic rings. The maximum atomic E-state index is 13.2. The molecule has 0 spiro atoms. The Kier molecular flexibility index (Phi) is 8.38. The third-order valence-electron chi connectivity index (χ3n) is 7.84. The van der Waals surface area contributed by atoms with Crippen molar-refractivity contribution in [3.05, 3.63) is 53.6 Å². The van der Waals surface area contributed by atoms with Gasteiger partial charge in [0.1, 0.15) is 6.04 Å². The van der Waals surface area contributed by atoms with Gasteiger partial charge in [-0.25, -0.2) is 8.42 Å². The molecule has 2 aromatic carbocycles. The second kappa shape index (κ2) is 11.7. The zero-order chi connectivity index (χ0) is 26.7. The number of sulfonamides is 1. The van der Waals surface area contributed by atoms with Gasteiger partial charge in [0, 0.05) is 30.7 Å². The number of rotatable bonds is 8. The first-order valence-electron chi connectivity index (χ1n) is 13.5. The molecule has 0 aliphatic carbocycles. The van der Waals surface area contributed by atoms with Crippen molar-refractivity contribution in [3.63, 3.8) is 0 Å². The molecule has 3 saturated heterocycles. The van der Waals surface area contributed by atoms with E-state index in [1.54, 1.807) is 18.2 Å². The molecule has 0 bridgehead atoms. The molecule has 10 heteroatoms. The van der Waals surface area contributed by atoms with Crippen molar-refractivity contribution in [1.82, 2.24) is 19.4 Å². The molecule has 2 aromatic rings. The van der Waals surface area contributed by atoms with Crippen molar-refractivity contribution >= 4 is 33.4 Å². The van der Waals surface area contributed by atoms with E-state index in [9.17, 15) is 18.0 Å². The number of hydrogen-bond acceptors (Lipinski definition) is 5. The minimum Gasteiger partial charge on any atom is -0.337 e. The van der Waals surface area contributed by atoms with Gasteiger partial charge in [0.05, 0.1) is 11.4 Å². The lowest BCUT2D eigenvalue weighted by molar-refractivity contribution is -0.143. The van der Waals surface area contributed by atoms with Gasteiger partial charge < -0.3 is 14.7 Å². The largest absolute Gasteiger partial charge is 0.337 e. The van der Waals surface area contributed by atoms with Crippen LogP contribution in [0.3, 0.4) is 0 Å². The predicted octanol–water partition coefficient (Wildman–Crippen LogP) is 3.36. The van der Waals surface area contributed by atoms with E-state index in [0.29, 0.717) is 24.4 Å². The normalized spacial score (nSPS) is 22.8. The molecule has 3 aliphatic heterocycles. The highest BCUT2D eigenvalue weighted by Crippen LogP contribution is 2.25. The van der Waals surface area contributed by atoms with Crippen LogP contribution in [0.4, 0.5) is 0 Å². The summed E-state index contributed by atoms with van der Waals surface area (Å²) >= 11 is 6.07. The summed E-state index contributed by atoms with van der Waals surface area (Å²) in [7, 11) is -3.91. The quantitative estimate of drug-likeness (QED) is 0.536. The van der Waals surface area contributed by atoms with Gasteiger partial charge in [-0.2, -0.15) is 4.72 Å². The van der Waals surface area contributed by atoms with E-state index >= 15 is 0 Å². The molecule has 8 nitrogen and oxygen atoms in total. The number of amides is 2. The van der Waals surface area contributed by atoms with Crippen LogP contribution in [-0.2, 0) is 19.6 Å². The fraction of sp³-hybridized carbons (Fsp3) is 0.500. The van der Waals surface area contributed by atoms with Crippen LogP contribution < -0.4 is 4.72 Å². The van der Waals surface area contributed by atoms with Crippen molar-refractivity contribution in [2.24, 2.45) is 0 Å². The number of hydrogen-bond donors (Lipinski definition) is 1. The number of benzene rings is 2. The van der Waals surface area contributed by atoms with E-state index in [-0.39, 0.29) is 29.3 Å². The molecule has 0 radical (unpaired) electrons. The zero-order valence-electron chi connectivity index (χ0n) is 21.5. The molecule has 3 heterocycles. The Bertz CT molecular complexity index is 1260. The second-order valence-corrected chi connectivity index (χ2v) is 12.7. The average Bonchev–Trinajstić information content (AvgIpc) is 3.59. The first-order valence-corrected chi connectivity index (χ1v) is 15.4. The van der Waals surface area contributed by atoms with Crippen LogP contribution in [0.25, 0.3) is 11.1 Å². The average molecular weight is 559 g/mol. The van der Waals surface area contributed by atoms with Gasteiger partial charge in [-0.15, -0.1) is 0 Å². The third-order valence-corrected chi connectivity index (χ3v) is 9.56. The number of halogens is 1. The summed E-state index contributed by atoms with van der Waals surface area (Å²) in [4.78, 5) is 32.4. The minimum absolute atomic E-state index is 0.00188. The molecule has 0 aromatic heterocycles. The molecule has 5 rings (SSSR count). The molecule has 1 N–H and O–H groups in total. The first-order chi connectivity index (χ1) is 18.3. The van der Waals surface area contributed by atoms with Crippen molar-refractivity contribution in [2.45, 2.75) is 55.5 Å². The Hall–Kier alpha value is -2.46. The highest BCUT2D eigenvalue weighted by molar-refractivity contribution is 7.89. The topological polar surface area (TPSA) is 90.0 Å². The SMILES string of the molecule is O=C1[C@@H](NS(=O)(=O)c2ccc(-c3cccc(Cl)c3)cc2)CCCN1CC(=O)N1CCC[C@H]1CN1CCCC1. The predicted molar refractivity (Wildman–Crippen MR) is 147 cm³/mol. The Balaban J connectivity index is 1.20. The van der Waals surface area contributed by atoms with Gasteiger partial charge in [-0.1, -0.05) is 35.9 Å². The highest BCUT2D eigenvalue weighted by Gasteiger charge is 2.36. The van der Waals surface area contributed by atoms with Gasteiger partial charge in [0.25, 0.3) is 0 Å². The van der Waals surface area contributed by atoms with Crippen LogP contribution >= 0.6 is 11.6 Å². The van der Waals surface area contributed by atoms with Gasteiger partial charge in [-0.3, -0.25) is 9.59 Å². The molecular weight excluding hydrogens is 524 g/mol. The number of piperidine rings is 1. The summed E-state index contributed by atoms with van der Waals surface area (Å²) in [6.07, 6.45) is 5.45. The van der Waals surface area contributed by atoms with Crippen molar-refractivity contribution in [1.29, 1.82) is 0 Å². The molecule has 204 valence electrons. The molecule has 0 unspecified atom stereocenters. The lowest BCUT2D eigenvalue weighted by atomic mass is 10.1. The van der Waals surface area contributed by atoms with Crippen molar-refractivity contribution < 1.29 is 18.0 Å². The van der Waals surface area contributed by atoms with E-state index in [4.69, 9.17) is 11.6 Å². The Morgan fingerprint density at radius 1 is 0.921 bits per heavy atom. The van der Waals surface area contributed by atoms with Crippen LogP contribution in [0.1, 0.15) is 38.5 Å². The zero-order valence-corrected chi connectivity index (χ0v) is 23.1. The maximum absolute atomic E-state index is 13.2. The molecule has 3 fully saturated rings. The lowest BCUT2D eigenvalue weighted by Gasteiger charge is -2.34. The minimum atomic E-state index is -3.91. The number of nitrogens with one attached hydrogen (secondary N) is 1. The summed E-state index contributed by atoms with van der Waals surface area (Å²) in [6, 6.07) is 13.2. The highest BCUT2D eigenvalue weighted by atomic mass is 35.5. The Labute approximate surface area is 230 Å². The summed E-state index contributed by atoms with van der Waals surface area (Å²) < 4.78 is 28.8. The van der Waals surface area contributed by atoms with Gasteiger partial charge in [0.2, 0.25) is 21.8 Å². The third kappa shape index (κ3) is 6.22. The maximum Gasteiger partial charge on any atom is 0.242 e. The molecular formula is C28H35ClN4O4S. The van der Waals surface area contributed by atoms with E-state index in [1.165, 1.54) is 29.9 Å². The van der Waals surface area contributed by atoms with Gasteiger partial charge in [-0.05, 0) is 87.0 Å². The van der Waals surface area contributed by atoms with Crippen molar-refractivity contribution in [2.75, 3.05) is 39.3 Å². The molecule has 2 amide bonds. The summed E-state index contributed by atoms with van der Waals surface area (Å²) in [6.45, 7) is 4.27. The van der Waals surface area contributed by atoms with E-state index in [0.717, 1.165) is 50.1 Å². The van der Waals surface area contributed by atoms with Crippen LogP contribution in [0.15, 0.2) is 53.4 Å². The number of likely N-dealkylation sites (tertiary alicyclic amines) is 3.